The predicted octanol–water partition coefficient (Wildman–Crippen LogP) is 5.49. The van der Waals surface area contributed by atoms with Crippen LogP contribution < -0.4 is 4.74 Å². The quantitative estimate of drug-likeness (QED) is 0.207. The third kappa shape index (κ3) is 5.02. The van der Waals surface area contributed by atoms with Crippen molar-refractivity contribution >= 4 is 17.4 Å². The van der Waals surface area contributed by atoms with Gasteiger partial charge in [-0.1, -0.05) is 29.8 Å². The Balaban J connectivity index is 1.45. The number of aliphatic hydroxyl groups is 1. The molecule has 1 N–H and O–H groups in total. The Morgan fingerprint density at radius 2 is 1.73 bits per heavy atom. The van der Waals surface area contributed by atoms with Crippen molar-refractivity contribution in [1.29, 1.82) is 0 Å². The summed E-state index contributed by atoms with van der Waals surface area (Å²) in [6.07, 6.45) is 3.25. The molecule has 0 bridgehead atoms. The van der Waals surface area contributed by atoms with E-state index in [1.807, 2.05) is 25.1 Å². The van der Waals surface area contributed by atoms with Crippen LogP contribution in [0.1, 0.15) is 39.8 Å². The molecule has 0 aliphatic carbocycles. The van der Waals surface area contributed by atoms with E-state index < -0.39 is 17.7 Å². The van der Waals surface area contributed by atoms with E-state index in [-0.39, 0.29) is 17.9 Å². The van der Waals surface area contributed by atoms with Crippen LogP contribution in [0.25, 0.3) is 5.76 Å². The number of amides is 1. The van der Waals surface area contributed by atoms with Crippen molar-refractivity contribution in [3.63, 3.8) is 0 Å². The minimum absolute atomic E-state index is 0.0122. The summed E-state index contributed by atoms with van der Waals surface area (Å²) >= 11 is 0. The van der Waals surface area contributed by atoms with E-state index in [1.54, 1.807) is 67.8 Å². The van der Waals surface area contributed by atoms with Gasteiger partial charge in [-0.25, -0.2) is 0 Å². The lowest BCUT2D eigenvalue weighted by Crippen LogP contribution is -2.29. The fourth-order valence-corrected chi connectivity index (χ4v) is 4.46. The number of hydrogen-bond donors (Lipinski definition) is 1. The highest BCUT2D eigenvalue weighted by Crippen LogP contribution is 2.41. The van der Waals surface area contributed by atoms with Crippen molar-refractivity contribution in [3.8, 4) is 5.75 Å². The number of ketones is 1. The molecule has 3 heterocycles. The van der Waals surface area contributed by atoms with Gasteiger partial charge in [0.15, 0.2) is 0 Å². The predicted molar refractivity (Wildman–Crippen MR) is 137 cm³/mol. The standard InChI is InChI=1S/C30H26N2O5/c1-19-4-3-5-22(16-19)18-36-24-9-7-23(8-10-24)28(33)26-27(25-11-6-20(2)37-25)32(30(35)29(26)34)17-21-12-14-31-15-13-21/h3-16,27,33H,17-18H2,1-2H3/b28-26+/t27-/m0/s1. The average molecular weight is 495 g/mol. The molecule has 37 heavy (non-hydrogen) atoms. The Hall–Kier alpha value is -4.65. The van der Waals surface area contributed by atoms with Crippen LogP contribution in [-0.4, -0.2) is 26.7 Å². The van der Waals surface area contributed by atoms with Gasteiger partial charge >= 0.3 is 0 Å². The highest BCUT2D eigenvalue weighted by molar-refractivity contribution is 6.46. The Morgan fingerprint density at radius 1 is 0.973 bits per heavy atom. The summed E-state index contributed by atoms with van der Waals surface area (Å²) in [6, 6.07) is 21.0. The third-order valence-electron chi connectivity index (χ3n) is 6.29. The fourth-order valence-electron chi connectivity index (χ4n) is 4.46. The third-order valence-corrected chi connectivity index (χ3v) is 6.29. The second-order valence-corrected chi connectivity index (χ2v) is 9.03. The number of aryl methyl sites for hydroxylation is 2. The maximum atomic E-state index is 13.2. The molecule has 4 aromatic rings. The largest absolute Gasteiger partial charge is 0.507 e. The van der Waals surface area contributed by atoms with Crippen molar-refractivity contribution in [2.45, 2.75) is 33.0 Å². The molecule has 1 amide bonds. The summed E-state index contributed by atoms with van der Waals surface area (Å²) in [7, 11) is 0. The van der Waals surface area contributed by atoms with E-state index in [2.05, 4.69) is 11.1 Å². The van der Waals surface area contributed by atoms with Crippen LogP contribution in [0.15, 0.2) is 95.2 Å². The van der Waals surface area contributed by atoms with Gasteiger partial charge in [0.25, 0.3) is 11.7 Å². The zero-order valence-electron chi connectivity index (χ0n) is 20.5. The Labute approximate surface area is 214 Å². The van der Waals surface area contributed by atoms with Crippen LogP contribution in [0.4, 0.5) is 0 Å². The lowest BCUT2D eigenvalue weighted by atomic mass is 9.99. The van der Waals surface area contributed by atoms with Gasteiger partial charge in [0.2, 0.25) is 0 Å². The Morgan fingerprint density at radius 3 is 2.41 bits per heavy atom. The average Bonchev–Trinajstić information content (AvgIpc) is 3.44. The molecular formula is C30H26N2O5. The highest BCUT2D eigenvalue weighted by atomic mass is 16.5. The summed E-state index contributed by atoms with van der Waals surface area (Å²) in [5, 5.41) is 11.2. The monoisotopic (exact) mass is 494 g/mol. The van der Waals surface area contributed by atoms with E-state index >= 15 is 0 Å². The molecular weight excluding hydrogens is 468 g/mol. The van der Waals surface area contributed by atoms with Crippen LogP contribution in [0.5, 0.6) is 5.75 Å². The number of likely N-dealkylation sites (tertiary alicyclic amines) is 1. The number of benzene rings is 2. The number of furan rings is 1. The van der Waals surface area contributed by atoms with Gasteiger partial charge in [0.1, 0.15) is 35.7 Å². The van der Waals surface area contributed by atoms with Crippen molar-refractivity contribution in [3.05, 3.63) is 125 Å². The summed E-state index contributed by atoms with van der Waals surface area (Å²) in [6.45, 7) is 4.39. The smallest absolute Gasteiger partial charge is 0.296 e. The van der Waals surface area contributed by atoms with Gasteiger partial charge in [0, 0.05) is 24.5 Å². The number of aliphatic hydroxyl groups excluding tert-OH is 1. The zero-order chi connectivity index (χ0) is 25.9. The van der Waals surface area contributed by atoms with Crippen LogP contribution >= 0.6 is 0 Å². The van der Waals surface area contributed by atoms with Gasteiger partial charge in [-0.15, -0.1) is 0 Å². The topological polar surface area (TPSA) is 92.9 Å². The van der Waals surface area contributed by atoms with Crippen molar-refractivity contribution in [1.82, 2.24) is 9.88 Å². The normalized spacial score (nSPS) is 16.8. The number of carbonyl (C=O) groups excluding carboxylic acids is 2. The first-order chi connectivity index (χ1) is 17.9. The molecule has 5 rings (SSSR count). The molecule has 7 nitrogen and oxygen atoms in total. The first kappa shape index (κ1) is 24.1. The van der Waals surface area contributed by atoms with Gasteiger partial charge in [-0.2, -0.15) is 0 Å². The number of hydrogen-bond acceptors (Lipinski definition) is 6. The van der Waals surface area contributed by atoms with Gasteiger partial charge in [0.05, 0.1) is 5.57 Å². The van der Waals surface area contributed by atoms with E-state index in [9.17, 15) is 14.7 Å². The number of Topliss-reactive ketones (excluding diaryl/α,β-unsaturated/α-hetero) is 1. The SMILES string of the molecule is Cc1cccc(COc2ccc(/C(O)=C3\C(=O)C(=O)N(Cc4ccncc4)[C@H]3c3ccc(C)o3)cc2)c1. The summed E-state index contributed by atoms with van der Waals surface area (Å²) in [5.74, 6) is -0.0554. The molecule has 2 aromatic heterocycles. The first-order valence-corrected chi connectivity index (χ1v) is 11.9. The number of rotatable bonds is 7. The number of pyridine rings is 1. The molecule has 2 aromatic carbocycles. The Kier molecular flexibility index (Phi) is 6.60. The number of nitrogens with zero attached hydrogens (tertiary/aromatic N) is 2. The van der Waals surface area contributed by atoms with E-state index in [1.165, 1.54) is 4.90 Å². The lowest BCUT2D eigenvalue weighted by molar-refractivity contribution is -0.140. The van der Waals surface area contributed by atoms with Gasteiger partial charge < -0.3 is 19.2 Å². The van der Waals surface area contributed by atoms with E-state index in [0.717, 1.165) is 16.7 Å². The molecule has 0 unspecified atom stereocenters. The molecule has 186 valence electrons. The molecule has 7 heteroatoms. The zero-order valence-corrected chi connectivity index (χ0v) is 20.5. The lowest BCUT2D eigenvalue weighted by Gasteiger charge is -2.23. The van der Waals surface area contributed by atoms with E-state index in [4.69, 9.17) is 9.15 Å². The molecule has 0 spiro atoms. The molecule has 0 saturated carbocycles. The Bertz CT molecular complexity index is 1470. The summed E-state index contributed by atoms with van der Waals surface area (Å²) in [4.78, 5) is 31.7. The van der Waals surface area contributed by atoms with Crippen LogP contribution in [0.2, 0.25) is 0 Å². The highest BCUT2D eigenvalue weighted by Gasteiger charge is 2.47. The van der Waals surface area contributed by atoms with Gasteiger partial charge in [-0.05, 0) is 73.5 Å². The van der Waals surface area contributed by atoms with Crippen LogP contribution in [0, 0.1) is 13.8 Å². The van der Waals surface area contributed by atoms with Crippen molar-refractivity contribution in [2.75, 3.05) is 0 Å². The van der Waals surface area contributed by atoms with Crippen LogP contribution in [0.3, 0.4) is 0 Å². The maximum Gasteiger partial charge on any atom is 0.296 e. The van der Waals surface area contributed by atoms with Gasteiger partial charge in [-0.3, -0.25) is 14.6 Å². The van der Waals surface area contributed by atoms with Crippen molar-refractivity contribution < 1.29 is 23.8 Å². The molecule has 1 atom stereocenters. The molecule has 1 aliphatic rings. The summed E-state index contributed by atoms with van der Waals surface area (Å²) < 4.78 is 11.7. The summed E-state index contributed by atoms with van der Waals surface area (Å²) in [5.41, 5.74) is 3.40. The first-order valence-electron chi connectivity index (χ1n) is 11.9. The molecule has 1 saturated heterocycles. The second kappa shape index (κ2) is 10.1. The van der Waals surface area contributed by atoms with Crippen molar-refractivity contribution in [2.24, 2.45) is 0 Å². The molecule has 0 radical (unpaired) electrons. The minimum atomic E-state index is -0.862. The molecule has 1 aliphatic heterocycles. The molecule has 1 fully saturated rings. The second-order valence-electron chi connectivity index (χ2n) is 9.03. The van der Waals surface area contributed by atoms with Crippen LogP contribution in [-0.2, 0) is 22.7 Å². The number of carbonyl (C=O) groups is 2. The maximum absolute atomic E-state index is 13.2. The number of aromatic nitrogens is 1. The minimum Gasteiger partial charge on any atom is -0.507 e. The fraction of sp³-hybridized carbons (Fsp3) is 0.167. The van der Waals surface area contributed by atoms with E-state index in [0.29, 0.717) is 29.4 Å². The number of ether oxygens (including phenoxy) is 1.